The SMILES string of the molecule is O=C(O)CC(Sc1nc2ccc([N+](=O)[O-])cc2o1)C(=O)O. The van der Waals surface area contributed by atoms with Crippen molar-refractivity contribution in [3.8, 4) is 0 Å². The molecule has 2 aromatic rings. The molecule has 9 nitrogen and oxygen atoms in total. The maximum atomic E-state index is 11.0. The van der Waals surface area contributed by atoms with Crippen LogP contribution in [-0.2, 0) is 9.59 Å². The highest BCUT2D eigenvalue weighted by Gasteiger charge is 2.25. The molecule has 0 saturated carbocycles. The molecule has 0 spiro atoms. The van der Waals surface area contributed by atoms with Gasteiger partial charge in [0.1, 0.15) is 10.8 Å². The standard InChI is InChI=1S/C11H8N2O7S/c14-9(15)4-8(10(16)17)21-11-12-6-2-1-5(13(18)19)3-7(6)20-11/h1-3,8H,4H2,(H,14,15)(H,16,17). The van der Waals surface area contributed by atoms with E-state index in [0.717, 1.165) is 0 Å². The van der Waals surface area contributed by atoms with E-state index in [1.807, 2.05) is 0 Å². The van der Waals surface area contributed by atoms with Gasteiger partial charge >= 0.3 is 11.9 Å². The number of hydrogen-bond acceptors (Lipinski definition) is 7. The van der Waals surface area contributed by atoms with E-state index in [2.05, 4.69) is 4.98 Å². The zero-order chi connectivity index (χ0) is 15.6. The number of aliphatic carboxylic acids is 2. The smallest absolute Gasteiger partial charge is 0.317 e. The second kappa shape index (κ2) is 5.79. The van der Waals surface area contributed by atoms with Crippen LogP contribution < -0.4 is 0 Å². The van der Waals surface area contributed by atoms with Gasteiger partial charge in [0.2, 0.25) is 0 Å². The first-order valence-electron chi connectivity index (χ1n) is 5.53. The molecule has 2 rings (SSSR count). The Labute approximate surface area is 120 Å². The molecule has 1 atom stereocenters. The van der Waals surface area contributed by atoms with E-state index in [4.69, 9.17) is 14.6 Å². The Hall–Kier alpha value is -2.62. The predicted molar refractivity (Wildman–Crippen MR) is 70.2 cm³/mol. The van der Waals surface area contributed by atoms with Crippen LogP contribution in [0.2, 0.25) is 0 Å². The van der Waals surface area contributed by atoms with Gasteiger partial charge in [-0.1, -0.05) is 11.8 Å². The van der Waals surface area contributed by atoms with Gasteiger partial charge in [-0.25, -0.2) is 4.98 Å². The second-order valence-electron chi connectivity index (χ2n) is 3.93. The summed E-state index contributed by atoms with van der Waals surface area (Å²) in [6.07, 6.45) is -0.598. The van der Waals surface area contributed by atoms with Gasteiger partial charge in [-0.2, -0.15) is 0 Å². The van der Waals surface area contributed by atoms with Crippen molar-refractivity contribution in [2.24, 2.45) is 0 Å². The molecule has 0 saturated heterocycles. The summed E-state index contributed by atoms with van der Waals surface area (Å²) in [6, 6.07) is 3.78. The molecule has 0 aliphatic rings. The van der Waals surface area contributed by atoms with Crippen molar-refractivity contribution in [2.45, 2.75) is 16.9 Å². The largest absolute Gasteiger partial charge is 0.481 e. The van der Waals surface area contributed by atoms with Gasteiger partial charge < -0.3 is 14.6 Å². The number of benzene rings is 1. The fourth-order valence-corrected chi connectivity index (χ4v) is 2.37. The molecule has 0 aliphatic heterocycles. The molecule has 0 bridgehead atoms. The van der Waals surface area contributed by atoms with Crippen molar-refractivity contribution in [3.05, 3.63) is 28.3 Å². The van der Waals surface area contributed by atoms with Gasteiger partial charge in [0.25, 0.3) is 10.9 Å². The van der Waals surface area contributed by atoms with Crippen LogP contribution in [0.5, 0.6) is 0 Å². The summed E-state index contributed by atoms with van der Waals surface area (Å²) in [5.74, 6) is -2.57. The van der Waals surface area contributed by atoms with Crippen LogP contribution >= 0.6 is 11.8 Å². The number of hydrogen-bond donors (Lipinski definition) is 2. The number of aromatic nitrogens is 1. The quantitative estimate of drug-likeness (QED) is 0.463. The fraction of sp³-hybridized carbons (Fsp3) is 0.182. The van der Waals surface area contributed by atoms with E-state index < -0.39 is 28.5 Å². The van der Waals surface area contributed by atoms with Crippen molar-refractivity contribution < 1.29 is 29.1 Å². The third-order valence-electron chi connectivity index (χ3n) is 2.44. The molecule has 1 aromatic carbocycles. The topological polar surface area (TPSA) is 144 Å². The van der Waals surface area contributed by atoms with Crippen molar-refractivity contribution in [1.29, 1.82) is 0 Å². The molecule has 21 heavy (non-hydrogen) atoms. The number of carboxylic acids is 2. The molecule has 1 aromatic heterocycles. The molecule has 0 fully saturated rings. The molecule has 0 radical (unpaired) electrons. The van der Waals surface area contributed by atoms with Gasteiger partial charge in [0.15, 0.2) is 5.58 Å². The summed E-state index contributed by atoms with van der Waals surface area (Å²) in [5.41, 5.74) is 0.268. The van der Waals surface area contributed by atoms with Crippen LogP contribution in [0.3, 0.4) is 0 Å². The molecule has 10 heteroatoms. The average Bonchev–Trinajstić information content (AvgIpc) is 2.78. The first-order valence-corrected chi connectivity index (χ1v) is 6.41. The highest BCUT2D eigenvalue weighted by Crippen LogP contribution is 2.30. The maximum Gasteiger partial charge on any atom is 0.317 e. The number of nitro benzene ring substituents is 1. The summed E-state index contributed by atoms with van der Waals surface area (Å²) < 4.78 is 5.21. The third kappa shape index (κ3) is 3.48. The second-order valence-corrected chi connectivity index (χ2v) is 5.09. The minimum Gasteiger partial charge on any atom is -0.481 e. The van der Waals surface area contributed by atoms with Gasteiger partial charge in [-0.3, -0.25) is 19.7 Å². The van der Waals surface area contributed by atoms with Gasteiger partial charge in [-0.05, 0) is 6.07 Å². The van der Waals surface area contributed by atoms with E-state index in [1.54, 1.807) is 0 Å². The van der Waals surface area contributed by atoms with Crippen LogP contribution in [0.1, 0.15) is 6.42 Å². The van der Waals surface area contributed by atoms with E-state index >= 15 is 0 Å². The third-order valence-corrected chi connectivity index (χ3v) is 3.47. The number of carboxylic acid groups (broad SMARTS) is 2. The number of rotatable bonds is 6. The van der Waals surface area contributed by atoms with Crippen molar-refractivity contribution >= 4 is 40.5 Å². The Morgan fingerprint density at radius 1 is 1.43 bits per heavy atom. The van der Waals surface area contributed by atoms with E-state index in [9.17, 15) is 19.7 Å². The van der Waals surface area contributed by atoms with Crippen molar-refractivity contribution in [2.75, 3.05) is 0 Å². The predicted octanol–water partition coefficient (Wildman–Crippen LogP) is 1.76. The summed E-state index contributed by atoms with van der Waals surface area (Å²) >= 11 is 0.637. The Balaban J connectivity index is 2.27. The van der Waals surface area contributed by atoms with Crippen LogP contribution in [0, 0.1) is 10.1 Å². The Morgan fingerprint density at radius 3 is 2.71 bits per heavy atom. The molecule has 2 N–H and O–H groups in total. The molecule has 110 valence electrons. The van der Waals surface area contributed by atoms with Crippen molar-refractivity contribution in [3.63, 3.8) is 0 Å². The van der Waals surface area contributed by atoms with E-state index in [-0.39, 0.29) is 16.5 Å². The summed E-state index contributed by atoms with van der Waals surface area (Å²) in [6.45, 7) is 0. The van der Waals surface area contributed by atoms with Crippen LogP contribution in [0.4, 0.5) is 5.69 Å². The molecular weight excluding hydrogens is 304 g/mol. The first kappa shape index (κ1) is 14.8. The highest BCUT2D eigenvalue weighted by atomic mass is 32.2. The van der Waals surface area contributed by atoms with Crippen LogP contribution in [0.25, 0.3) is 11.1 Å². The number of oxazole rings is 1. The summed E-state index contributed by atoms with van der Waals surface area (Å²) in [4.78, 5) is 35.5. The van der Waals surface area contributed by atoms with E-state index in [0.29, 0.717) is 17.3 Å². The number of nitrogens with zero attached hydrogens (tertiary/aromatic N) is 2. The average molecular weight is 312 g/mol. The number of thioether (sulfide) groups is 1. The number of nitro groups is 1. The minimum absolute atomic E-state index is 0.0563. The van der Waals surface area contributed by atoms with Gasteiger partial charge in [0.05, 0.1) is 17.4 Å². The molecular formula is C11H8N2O7S. The summed E-state index contributed by atoms with van der Waals surface area (Å²) in [5, 5.41) is 26.9. The number of fused-ring (bicyclic) bond motifs is 1. The zero-order valence-electron chi connectivity index (χ0n) is 10.3. The summed E-state index contributed by atoms with van der Waals surface area (Å²) in [7, 11) is 0. The lowest BCUT2D eigenvalue weighted by Gasteiger charge is -2.05. The van der Waals surface area contributed by atoms with Crippen LogP contribution in [-0.4, -0.2) is 37.3 Å². The van der Waals surface area contributed by atoms with Gasteiger partial charge in [0, 0.05) is 6.07 Å². The maximum absolute atomic E-state index is 11.0. The Kier molecular flexibility index (Phi) is 4.08. The molecule has 0 amide bonds. The fourth-order valence-electron chi connectivity index (χ4n) is 1.52. The Bertz CT molecular complexity index is 726. The first-order chi connectivity index (χ1) is 9.86. The van der Waals surface area contributed by atoms with E-state index in [1.165, 1.54) is 18.2 Å². The lowest BCUT2D eigenvalue weighted by atomic mass is 10.3. The lowest BCUT2D eigenvalue weighted by molar-refractivity contribution is -0.384. The number of carbonyl (C=O) groups is 2. The normalized spacial score (nSPS) is 12.2. The molecule has 1 heterocycles. The lowest BCUT2D eigenvalue weighted by Crippen LogP contribution is -2.20. The zero-order valence-corrected chi connectivity index (χ0v) is 11.1. The highest BCUT2D eigenvalue weighted by molar-refractivity contribution is 8.00. The minimum atomic E-state index is -1.31. The monoisotopic (exact) mass is 312 g/mol. The van der Waals surface area contributed by atoms with Crippen molar-refractivity contribution in [1.82, 2.24) is 4.98 Å². The number of non-ortho nitro benzene ring substituents is 1. The van der Waals surface area contributed by atoms with Crippen LogP contribution in [0.15, 0.2) is 27.8 Å². The molecule has 1 unspecified atom stereocenters. The van der Waals surface area contributed by atoms with Gasteiger partial charge in [-0.15, -0.1) is 0 Å². The Morgan fingerprint density at radius 2 is 2.14 bits per heavy atom. The molecule has 0 aliphatic carbocycles.